The van der Waals surface area contributed by atoms with Gasteiger partial charge in [-0.1, -0.05) is 34.3 Å². The fourth-order valence-corrected chi connectivity index (χ4v) is 9.38. The molecule has 1 saturated heterocycles. The van der Waals surface area contributed by atoms with Gasteiger partial charge < -0.3 is 24.8 Å². The van der Waals surface area contributed by atoms with Gasteiger partial charge in [0, 0.05) is 5.41 Å². The second-order valence-electron chi connectivity index (χ2n) is 12.7. The number of ether oxygens (including phenoxy) is 2. The monoisotopic (exact) mass is 476 g/mol. The highest BCUT2D eigenvalue weighted by atomic mass is 16.7. The van der Waals surface area contributed by atoms with Crippen molar-refractivity contribution >= 4 is 5.97 Å². The minimum atomic E-state index is -0.746. The van der Waals surface area contributed by atoms with E-state index >= 15 is 0 Å². The Morgan fingerprint density at radius 3 is 2.59 bits per heavy atom. The topological polar surface area (TPSA) is 96.2 Å². The standard InChI is InChI=1S/C28H44O6/c1-6-21-14(2)15(3)23(29)26(34-21)33-18-11-19(25(31)32)20-9-10-28-12-17(16(4)24(28)30)7-8-22(28)27(20,5)13-18/h14-15,17-24,26,29-30H,4,6-13H2,1-3,5H3,(H,31,32)/t14?,15-,17?,18?,19?,20?,21?,22?,23?,24?,26?,27?,28?/m0/s1. The highest BCUT2D eigenvalue weighted by Gasteiger charge is 2.66. The molecule has 4 aliphatic carbocycles. The van der Waals surface area contributed by atoms with Crippen LogP contribution in [0.15, 0.2) is 12.2 Å². The summed E-state index contributed by atoms with van der Waals surface area (Å²) in [5.41, 5.74) is 0.591. The van der Waals surface area contributed by atoms with Gasteiger partial charge in [-0.2, -0.15) is 0 Å². The quantitative estimate of drug-likeness (QED) is 0.412. The number of carbonyl (C=O) groups is 1. The van der Waals surface area contributed by atoms with E-state index in [9.17, 15) is 20.1 Å². The lowest BCUT2D eigenvalue weighted by Gasteiger charge is -2.62. The Morgan fingerprint density at radius 1 is 1.18 bits per heavy atom. The van der Waals surface area contributed by atoms with Crippen LogP contribution >= 0.6 is 0 Å². The molecule has 5 fully saturated rings. The van der Waals surface area contributed by atoms with Crippen molar-refractivity contribution in [2.75, 3.05) is 0 Å². The molecule has 3 N–H and O–H groups in total. The molecule has 34 heavy (non-hydrogen) atoms. The maximum Gasteiger partial charge on any atom is 0.306 e. The molecule has 1 heterocycles. The molecule has 0 aromatic carbocycles. The summed E-state index contributed by atoms with van der Waals surface area (Å²) in [5, 5.41) is 32.5. The van der Waals surface area contributed by atoms with Crippen LogP contribution in [0, 0.1) is 46.3 Å². The zero-order chi connectivity index (χ0) is 24.6. The third-order valence-corrected chi connectivity index (χ3v) is 11.4. The van der Waals surface area contributed by atoms with Gasteiger partial charge in [-0.05, 0) is 91.9 Å². The number of rotatable bonds is 4. The van der Waals surface area contributed by atoms with Crippen molar-refractivity contribution < 1.29 is 29.6 Å². The van der Waals surface area contributed by atoms with E-state index in [1.165, 1.54) is 0 Å². The third-order valence-electron chi connectivity index (χ3n) is 11.4. The van der Waals surface area contributed by atoms with E-state index in [1.54, 1.807) is 0 Å². The molecule has 2 bridgehead atoms. The van der Waals surface area contributed by atoms with Crippen LogP contribution in [-0.4, -0.2) is 52.0 Å². The van der Waals surface area contributed by atoms with E-state index in [4.69, 9.17) is 9.47 Å². The number of aliphatic hydroxyl groups excluding tert-OH is 2. The van der Waals surface area contributed by atoms with Crippen molar-refractivity contribution in [3.63, 3.8) is 0 Å². The second kappa shape index (κ2) is 8.57. The number of carboxylic acid groups (broad SMARTS) is 1. The van der Waals surface area contributed by atoms with Crippen molar-refractivity contribution in [1.82, 2.24) is 0 Å². The minimum Gasteiger partial charge on any atom is -0.481 e. The van der Waals surface area contributed by atoms with E-state index in [-0.39, 0.29) is 46.7 Å². The first-order valence-electron chi connectivity index (χ1n) is 13.6. The summed E-state index contributed by atoms with van der Waals surface area (Å²) in [4.78, 5) is 12.5. The highest BCUT2D eigenvalue weighted by Crippen LogP contribution is 2.70. The maximum absolute atomic E-state index is 12.5. The van der Waals surface area contributed by atoms with E-state index in [1.807, 2.05) is 6.92 Å². The molecule has 0 aromatic heterocycles. The molecule has 1 aliphatic heterocycles. The van der Waals surface area contributed by atoms with E-state index in [0.717, 1.165) is 50.5 Å². The summed E-state index contributed by atoms with van der Waals surface area (Å²) in [7, 11) is 0. The minimum absolute atomic E-state index is 0.0264. The molecular weight excluding hydrogens is 432 g/mol. The van der Waals surface area contributed by atoms with E-state index in [2.05, 4.69) is 27.4 Å². The van der Waals surface area contributed by atoms with Crippen molar-refractivity contribution in [2.45, 2.75) is 110 Å². The lowest BCUT2D eigenvalue weighted by atomic mass is 9.43. The molecule has 12 unspecified atom stereocenters. The number of hydrogen-bond donors (Lipinski definition) is 3. The lowest BCUT2D eigenvalue weighted by Crippen LogP contribution is -2.60. The van der Waals surface area contributed by atoms with Crippen LogP contribution < -0.4 is 0 Å². The summed E-state index contributed by atoms with van der Waals surface area (Å²) < 4.78 is 12.7. The average Bonchev–Trinajstić information content (AvgIpc) is 2.98. The molecule has 6 nitrogen and oxygen atoms in total. The Labute approximate surface area is 204 Å². The first-order valence-corrected chi connectivity index (χ1v) is 13.6. The van der Waals surface area contributed by atoms with Crippen LogP contribution in [0.5, 0.6) is 0 Å². The highest BCUT2D eigenvalue weighted by molar-refractivity contribution is 5.71. The Kier molecular flexibility index (Phi) is 6.23. The van der Waals surface area contributed by atoms with Crippen molar-refractivity contribution in [3.05, 3.63) is 12.2 Å². The van der Waals surface area contributed by atoms with Crippen LogP contribution in [0.4, 0.5) is 0 Å². The molecule has 1 spiro atoms. The van der Waals surface area contributed by atoms with Gasteiger partial charge in [-0.15, -0.1) is 0 Å². The molecular formula is C28H44O6. The first-order chi connectivity index (χ1) is 16.0. The molecule has 5 rings (SSSR count). The Hall–Kier alpha value is -0.950. The molecule has 5 aliphatic rings. The van der Waals surface area contributed by atoms with Gasteiger partial charge in [0.05, 0.1) is 24.2 Å². The Morgan fingerprint density at radius 2 is 1.91 bits per heavy atom. The predicted molar refractivity (Wildman–Crippen MR) is 128 cm³/mol. The van der Waals surface area contributed by atoms with Crippen LogP contribution in [0.2, 0.25) is 0 Å². The number of hydrogen-bond acceptors (Lipinski definition) is 5. The summed E-state index contributed by atoms with van der Waals surface area (Å²) >= 11 is 0. The van der Waals surface area contributed by atoms with Gasteiger partial charge in [-0.25, -0.2) is 0 Å². The van der Waals surface area contributed by atoms with Crippen LogP contribution in [0.1, 0.15) is 79.1 Å². The Balaban J connectivity index is 1.43. The summed E-state index contributed by atoms with van der Waals surface area (Å²) in [6.07, 6.45) is 4.65. The molecule has 0 amide bonds. The SMILES string of the molecule is C=C1C2CCC3C4(C)CC(OC5OC(CC)C(C)[C@H](C)C5O)CC(C(=O)O)C4CCC3(C2)C1O. The zero-order valence-corrected chi connectivity index (χ0v) is 21.3. The fraction of sp³-hybridized carbons (Fsp3) is 0.893. The van der Waals surface area contributed by atoms with Crippen molar-refractivity contribution in [2.24, 2.45) is 46.3 Å². The van der Waals surface area contributed by atoms with Crippen LogP contribution in [-0.2, 0) is 14.3 Å². The normalized spacial score (nSPS) is 54.9. The number of carboxylic acids is 1. The summed E-state index contributed by atoms with van der Waals surface area (Å²) in [5.74, 6) is -0.181. The lowest BCUT2D eigenvalue weighted by molar-refractivity contribution is -0.297. The van der Waals surface area contributed by atoms with E-state index in [0.29, 0.717) is 12.3 Å². The summed E-state index contributed by atoms with van der Waals surface area (Å²) in [6, 6.07) is 0. The van der Waals surface area contributed by atoms with Crippen molar-refractivity contribution in [1.29, 1.82) is 0 Å². The first kappa shape index (κ1) is 24.7. The third kappa shape index (κ3) is 3.46. The molecule has 6 heteroatoms. The summed E-state index contributed by atoms with van der Waals surface area (Å²) in [6.45, 7) is 12.8. The van der Waals surface area contributed by atoms with Crippen LogP contribution in [0.3, 0.4) is 0 Å². The van der Waals surface area contributed by atoms with E-state index < -0.39 is 30.4 Å². The zero-order valence-electron chi connectivity index (χ0n) is 21.3. The molecule has 13 atom stereocenters. The Bertz CT molecular complexity index is 826. The largest absolute Gasteiger partial charge is 0.481 e. The van der Waals surface area contributed by atoms with Gasteiger partial charge in [0.15, 0.2) is 6.29 Å². The average molecular weight is 477 g/mol. The van der Waals surface area contributed by atoms with Gasteiger partial charge >= 0.3 is 5.97 Å². The fourth-order valence-electron chi connectivity index (χ4n) is 9.38. The molecule has 0 radical (unpaired) electrons. The van der Waals surface area contributed by atoms with Gasteiger partial charge in [0.2, 0.25) is 0 Å². The van der Waals surface area contributed by atoms with Crippen LogP contribution in [0.25, 0.3) is 0 Å². The van der Waals surface area contributed by atoms with Gasteiger partial charge in [0.25, 0.3) is 0 Å². The van der Waals surface area contributed by atoms with Gasteiger partial charge in [-0.3, -0.25) is 4.79 Å². The number of fused-ring (bicyclic) bond motifs is 3. The van der Waals surface area contributed by atoms with Crippen molar-refractivity contribution in [3.8, 4) is 0 Å². The predicted octanol–water partition coefficient (Wildman–Crippen LogP) is 4.38. The van der Waals surface area contributed by atoms with Gasteiger partial charge in [0.1, 0.15) is 6.10 Å². The number of aliphatic carboxylic acids is 1. The smallest absolute Gasteiger partial charge is 0.306 e. The molecule has 4 saturated carbocycles. The molecule has 0 aromatic rings. The molecule has 192 valence electrons. The number of aliphatic hydroxyl groups is 2. The second-order valence-corrected chi connectivity index (χ2v) is 12.7. The maximum atomic E-state index is 12.5.